The Kier molecular flexibility index (Phi) is 5.76. The Morgan fingerprint density at radius 2 is 1.89 bits per heavy atom. The predicted molar refractivity (Wildman–Crippen MR) is 98.1 cm³/mol. The van der Waals surface area contributed by atoms with Crippen LogP contribution < -0.4 is 0 Å². The van der Waals surface area contributed by atoms with E-state index >= 15 is 0 Å². The number of amides is 1. The van der Waals surface area contributed by atoms with Crippen molar-refractivity contribution < 1.29 is 23.4 Å². The van der Waals surface area contributed by atoms with Gasteiger partial charge in [-0.3, -0.25) is 4.79 Å². The Morgan fingerprint density at radius 1 is 1.15 bits per heavy atom. The van der Waals surface area contributed by atoms with E-state index in [1.807, 2.05) is 0 Å². The van der Waals surface area contributed by atoms with Gasteiger partial charge in [-0.2, -0.15) is 0 Å². The molecule has 0 saturated carbocycles. The van der Waals surface area contributed by atoms with Crippen molar-refractivity contribution in [3.8, 4) is 0 Å². The number of benzene rings is 1. The van der Waals surface area contributed by atoms with Crippen LogP contribution in [0.25, 0.3) is 0 Å². The maximum Gasteiger partial charge on any atom is 0.254 e. The zero-order valence-corrected chi connectivity index (χ0v) is 15.7. The molecular weight excluding hydrogens is 349 g/mol. The van der Waals surface area contributed by atoms with Crippen LogP contribution in [0.1, 0.15) is 36.0 Å². The number of halogens is 1. The first-order chi connectivity index (χ1) is 13.2. The number of nitrogens with zero attached hydrogens (tertiary/aromatic N) is 1. The lowest BCUT2D eigenvalue weighted by atomic mass is 9.79. The Morgan fingerprint density at radius 3 is 2.63 bits per heavy atom. The van der Waals surface area contributed by atoms with Crippen molar-refractivity contribution in [2.24, 2.45) is 11.8 Å². The first-order valence-electron chi connectivity index (χ1n) is 10.0. The summed E-state index contributed by atoms with van der Waals surface area (Å²) in [5.74, 6) is 0.682. The van der Waals surface area contributed by atoms with Gasteiger partial charge in [-0.1, -0.05) is 0 Å². The van der Waals surface area contributed by atoms with E-state index in [-0.39, 0.29) is 17.3 Å². The molecule has 6 heteroatoms. The second-order valence-corrected chi connectivity index (χ2v) is 7.99. The highest BCUT2D eigenvalue weighted by atomic mass is 19.1. The van der Waals surface area contributed by atoms with Gasteiger partial charge in [0.1, 0.15) is 11.4 Å². The predicted octanol–water partition coefficient (Wildman–Crippen LogP) is 2.89. The van der Waals surface area contributed by atoms with Gasteiger partial charge >= 0.3 is 0 Å². The van der Waals surface area contributed by atoms with Crippen molar-refractivity contribution in [1.82, 2.24) is 4.90 Å². The highest BCUT2D eigenvalue weighted by Gasteiger charge is 2.54. The van der Waals surface area contributed by atoms with Gasteiger partial charge in [0.2, 0.25) is 0 Å². The number of rotatable bonds is 6. The molecule has 4 rings (SSSR count). The minimum absolute atomic E-state index is 0.0503. The average molecular weight is 377 g/mol. The molecule has 5 nitrogen and oxygen atoms in total. The molecule has 27 heavy (non-hydrogen) atoms. The Hall–Kier alpha value is -1.50. The molecule has 1 spiro atoms. The molecule has 148 valence electrons. The molecule has 0 bridgehead atoms. The fourth-order valence-electron chi connectivity index (χ4n) is 4.45. The molecule has 3 fully saturated rings. The molecule has 1 aromatic carbocycles. The van der Waals surface area contributed by atoms with Crippen LogP contribution in [0, 0.1) is 17.7 Å². The van der Waals surface area contributed by atoms with Crippen molar-refractivity contribution in [1.29, 1.82) is 0 Å². The minimum Gasteiger partial charge on any atom is -0.381 e. The molecule has 1 unspecified atom stereocenters. The molecule has 0 aliphatic carbocycles. The van der Waals surface area contributed by atoms with Crippen LogP contribution in [0.15, 0.2) is 24.3 Å². The first kappa shape index (κ1) is 18.8. The lowest BCUT2D eigenvalue weighted by molar-refractivity contribution is -0.121. The number of ether oxygens (including phenoxy) is 3. The first-order valence-corrected chi connectivity index (χ1v) is 10.0. The molecule has 3 heterocycles. The lowest BCUT2D eigenvalue weighted by Crippen LogP contribution is -2.66. The summed E-state index contributed by atoms with van der Waals surface area (Å²) in [7, 11) is 0. The third kappa shape index (κ3) is 4.18. The van der Waals surface area contributed by atoms with Crippen molar-refractivity contribution in [2.45, 2.75) is 31.3 Å². The van der Waals surface area contributed by atoms with Crippen molar-refractivity contribution >= 4 is 5.91 Å². The van der Waals surface area contributed by atoms with Gasteiger partial charge in [-0.15, -0.1) is 0 Å². The summed E-state index contributed by atoms with van der Waals surface area (Å²) in [5, 5.41) is 0. The number of likely N-dealkylation sites (tertiary alicyclic amines) is 1. The van der Waals surface area contributed by atoms with Crippen LogP contribution in [-0.2, 0) is 14.2 Å². The Balaban J connectivity index is 1.23. The van der Waals surface area contributed by atoms with Crippen LogP contribution in [0.3, 0.4) is 0 Å². The van der Waals surface area contributed by atoms with Crippen LogP contribution in [0.5, 0.6) is 0 Å². The number of hydrogen-bond donors (Lipinski definition) is 0. The molecule has 3 saturated heterocycles. The SMILES string of the molecule is O=C(c1ccc(F)cc1)N1CC2(C1)OCCC2CCOCC1CCOCC1. The van der Waals surface area contributed by atoms with E-state index in [9.17, 15) is 9.18 Å². The van der Waals surface area contributed by atoms with E-state index in [0.29, 0.717) is 30.5 Å². The Bertz CT molecular complexity index is 638. The van der Waals surface area contributed by atoms with Crippen LogP contribution in [0.4, 0.5) is 4.39 Å². The highest BCUT2D eigenvalue weighted by Crippen LogP contribution is 2.42. The van der Waals surface area contributed by atoms with Gasteiger partial charge in [-0.05, 0) is 61.8 Å². The molecule has 0 radical (unpaired) electrons. The van der Waals surface area contributed by atoms with E-state index in [0.717, 1.165) is 58.7 Å². The molecule has 3 aliphatic rings. The van der Waals surface area contributed by atoms with Gasteiger partial charge in [-0.25, -0.2) is 4.39 Å². The van der Waals surface area contributed by atoms with E-state index in [2.05, 4.69) is 0 Å². The van der Waals surface area contributed by atoms with Crippen LogP contribution in [-0.4, -0.2) is 62.5 Å². The lowest BCUT2D eigenvalue weighted by Gasteiger charge is -2.50. The molecular formula is C21H28FNO4. The molecule has 1 aromatic rings. The van der Waals surface area contributed by atoms with E-state index < -0.39 is 0 Å². The summed E-state index contributed by atoms with van der Waals surface area (Å²) in [6.45, 7) is 5.26. The number of carbonyl (C=O) groups is 1. The van der Waals surface area contributed by atoms with Crippen LogP contribution >= 0.6 is 0 Å². The molecule has 1 amide bonds. The molecule has 0 N–H and O–H groups in total. The third-order valence-corrected chi connectivity index (χ3v) is 6.20. The Labute approximate surface area is 159 Å². The highest BCUT2D eigenvalue weighted by molar-refractivity contribution is 5.94. The maximum atomic E-state index is 13.0. The summed E-state index contributed by atoms with van der Waals surface area (Å²) in [6.07, 6.45) is 4.19. The van der Waals surface area contributed by atoms with Crippen molar-refractivity contribution in [3.63, 3.8) is 0 Å². The second kappa shape index (κ2) is 8.25. The quantitative estimate of drug-likeness (QED) is 0.716. The summed E-state index contributed by atoms with van der Waals surface area (Å²) < 4.78 is 30.4. The van der Waals surface area contributed by atoms with E-state index in [1.165, 1.54) is 12.1 Å². The third-order valence-electron chi connectivity index (χ3n) is 6.20. The molecule has 0 aromatic heterocycles. The average Bonchev–Trinajstić information content (AvgIpc) is 3.09. The molecule has 1 atom stereocenters. The smallest absolute Gasteiger partial charge is 0.254 e. The summed E-state index contributed by atoms with van der Waals surface area (Å²) in [4.78, 5) is 14.3. The number of hydrogen-bond acceptors (Lipinski definition) is 4. The van der Waals surface area contributed by atoms with Gasteiger partial charge in [0.25, 0.3) is 5.91 Å². The van der Waals surface area contributed by atoms with Crippen molar-refractivity contribution in [3.05, 3.63) is 35.6 Å². The van der Waals surface area contributed by atoms with Crippen molar-refractivity contribution in [2.75, 3.05) is 46.1 Å². The maximum absolute atomic E-state index is 13.0. The zero-order chi connectivity index (χ0) is 18.7. The minimum atomic E-state index is -0.327. The largest absolute Gasteiger partial charge is 0.381 e. The fraction of sp³-hybridized carbons (Fsp3) is 0.667. The topological polar surface area (TPSA) is 48.0 Å². The van der Waals surface area contributed by atoms with Gasteiger partial charge in [0.15, 0.2) is 0 Å². The summed E-state index contributed by atoms with van der Waals surface area (Å²) >= 11 is 0. The number of carbonyl (C=O) groups excluding carboxylic acids is 1. The summed E-state index contributed by atoms with van der Waals surface area (Å²) in [5.41, 5.74) is 0.318. The van der Waals surface area contributed by atoms with Crippen LogP contribution in [0.2, 0.25) is 0 Å². The standard InChI is InChI=1S/C21H28FNO4/c22-19-3-1-17(2-4-19)20(24)23-14-21(15-23)18(8-12-27-21)7-11-26-13-16-5-9-25-10-6-16/h1-4,16,18H,5-15H2. The second-order valence-electron chi connectivity index (χ2n) is 7.99. The van der Waals surface area contributed by atoms with Gasteiger partial charge < -0.3 is 19.1 Å². The molecule has 3 aliphatic heterocycles. The van der Waals surface area contributed by atoms with Gasteiger partial charge in [0.05, 0.1) is 13.1 Å². The van der Waals surface area contributed by atoms with E-state index in [4.69, 9.17) is 14.2 Å². The van der Waals surface area contributed by atoms with E-state index in [1.54, 1.807) is 17.0 Å². The fourth-order valence-corrected chi connectivity index (χ4v) is 4.45. The van der Waals surface area contributed by atoms with Gasteiger partial charge in [0, 0.05) is 38.6 Å². The zero-order valence-electron chi connectivity index (χ0n) is 15.7. The summed E-state index contributed by atoms with van der Waals surface area (Å²) in [6, 6.07) is 5.74. The monoisotopic (exact) mass is 377 g/mol. The normalized spacial score (nSPS) is 24.9.